The molecule has 1 N–H and O–H groups in total. The number of halogens is 3. The fourth-order valence-electron chi connectivity index (χ4n) is 2.47. The third kappa shape index (κ3) is 1.73. The first-order valence-electron chi connectivity index (χ1n) is 5.38. The van der Waals surface area contributed by atoms with E-state index in [1.165, 1.54) is 12.3 Å². The molecule has 0 aromatic carbocycles. The summed E-state index contributed by atoms with van der Waals surface area (Å²) >= 11 is 0. The van der Waals surface area contributed by atoms with Crippen LogP contribution in [0.1, 0.15) is 31.5 Å². The Balaban J connectivity index is 2.54. The molecule has 0 saturated heterocycles. The minimum atomic E-state index is -4.43. The molecule has 0 amide bonds. The number of hydrogen-bond acceptors (Lipinski definition) is 2. The van der Waals surface area contributed by atoms with Crippen molar-refractivity contribution < 1.29 is 18.3 Å². The van der Waals surface area contributed by atoms with Gasteiger partial charge in [0.05, 0.1) is 17.9 Å². The highest BCUT2D eigenvalue weighted by atomic mass is 19.4. The molecule has 1 aliphatic carbocycles. The Labute approximate surface area is 97.5 Å². The molecular weight excluding hydrogens is 231 g/mol. The molecule has 94 valence electrons. The molecule has 1 aromatic rings. The fraction of sp³-hybridized carbons (Fsp3) is 0.583. The standard InChI is InChI=1S/C12H14F3NO/c1-10(2)6-11(10,7-17)9-8(12(13,14)15)4-3-5-16-9/h3-5,17H,6-7H2,1-2H3. The number of hydrogen-bond donors (Lipinski definition) is 1. The first kappa shape index (κ1) is 12.4. The average Bonchev–Trinajstić information content (AvgIpc) is 2.81. The fourth-order valence-corrected chi connectivity index (χ4v) is 2.47. The van der Waals surface area contributed by atoms with E-state index in [-0.39, 0.29) is 17.7 Å². The first-order chi connectivity index (χ1) is 7.74. The second-order valence-electron chi connectivity index (χ2n) is 5.20. The van der Waals surface area contributed by atoms with Gasteiger partial charge < -0.3 is 5.11 Å². The number of aromatic nitrogens is 1. The summed E-state index contributed by atoms with van der Waals surface area (Å²) in [6.45, 7) is 3.39. The number of nitrogens with zero attached hydrogens (tertiary/aromatic N) is 1. The summed E-state index contributed by atoms with van der Waals surface area (Å²) in [6.07, 6.45) is -2.56. The van der Waals surface area contributed by atoms with E-state index in [1.807, 2.05) is 13.8 Å². The molecule has 2 nitrogen and oxygen atoms in total. The Bertz CT molecular complexity index is 442. The third-order valence-corrected chi connectivity index (χ3v) is 3.75. The maximum Gasteiger partial charge on any atom is 0.418 e. The largest absolute Gasteiger partial charge is 0.418 e. The van der Waals surface area contributed by atoms with Crippen LogP contribution in [0.4, 0.5) is 13.2 Å². The second kappa shape index (κ2) is 3.45. The summed E-state index contributed by atoms with van der Waals surface area (Å²) < 4.78 is 38.6. The van der Waals surface area contributed by atoms with Crippen molar-refractivity contribution in [3.05, 3.63) is 29.6 Å². The van der Waals surface area contributed by atoms with Gasteiger partial charge in [0.25, 0.3) is 0 Å². The van der Waals surface area contributed by atoms with Gasteiger partial charge in [0, 0.05) is 11.6 Å². The Kier molecular flexibility index (Phi) is 2.51. The van der Waals surface area contributed by atoms with E-state index in [0.29, 0.717) is 6.42 Å². The maximum absolute atomic E-state index is 12.9. The molecule has 1 aliphatic rings. The zero-order valence-electron chi connectivity index (χ0n) is 9.67. The SMILES string of the molecule is CC1(C)CC1(CO)c1ncccc1C(F)(F)F. The number of pyridine rings is 1. The minimum absolute atomic E-state index is 0.0278. The zero-order valence-corrected chi connectivity index (χ0v) is 9.67. The molecule has 1 saturated carbocycles. The summed E-state index contributed by atoms with van der Waals surface area (Å²) in [6, 6.07) is 2.29. The molecule has 2 rings (SSSR count). The monoisotopic (exact) mass is 245 g/mol. The summed E-state index contributed by atoms with van der Waals surface area (Å²) in [4.78, 5) is 3.87. The van der Waals surface area contributed by atoms with Gasteiger partial charge in [-0.2, -0.15) is 13.2 Å². The third-order valence-electron chi connectivity index (χ3n) is 3.75. The van der Waals surface area contributed by atoms with Gasteiger partial charge in [0.2, 0.25) is 0 Å². The molecule has 1 fully saturated rings. The topological polar surface area (TPSA) is 33.1 Å². The molecule has 1 atom stereocenters. The normalized spacial score (nSPS) is 26.9. The lowest BCUT2D eigenvalue weighted by Gasteiger charge is -2.21. The minimum Gasteiger partial charge on any atom is -0.395 e. The van der Waals surface area contributed by atoms with E-state index in [2.05, 4.69) is 4.98 Å². The number of aliphatic hydroxyl groups excluding tert-OH is 1. The average molecular weight is 245 g/mol. The van der Waals surface area contributed by atoms with Gasteiger partial charge >= 0.3 is 6.18 Å². The van der Waals surface area contributed by atoms with Crippen LogP contribution in [0.2, 0.25) is 0 Å². The van der Waals surface area contributed by atoms with Gasteiger partial charge in [-0.05, 0) is 24.0 Å². The van der Waals surface area contributed by atoms with Crippen molar-refractivity contribution in [1.29, 1.82) is 0 Å². The van der Waals surface area contributed by atoms with Crippen LogP contribution in [-0.4, -0.2) is 16.7 Å². The van der Waals surface area contributed by atoms with E-state index in [9.17, 15) is 18.3 Å². The molecule has 0 bridgehead atoms. The Hall–Kier alpha value is -1.10. The van der Waals surface area contributed by atoms with Crippen molar-refractivity contribution in [3.8, 4) is 0 Å². The number of alkyl halides is 3. The molecule has 0 spiro atoms. The summed E-state index contributed by atoms with van der Waals surface area (Å²) in [7, 11) is 0. The zero-order chi connectivity index (χ0) is 12.9. The molecule has 17 heavy (non-hydrogen) atoms. The highest BCUT2D eigenvalue weighted by molar-refractivity contribution is 5.39. The van der Waals surface area contributed by atoms with Gasteiger partial charge in [-0.25, -0.2) is 0 Å². The summed E-state index contributed by atoms with van der Waals surface area (Å²) in [5, 5.41) is 9.43. The summed E-state index contributed by atoms with van der Waals surface area (Å²) in [5.74, 6) is 0. The highest BCUT2D eigenvalue weighted by Crippen LogP contribution is 2.64. The lowest BCUT2D eigenvalue weighted by molar-refractivity contribution is -0.139. The number of rotatable bonds is 2. The molecule has 5 heteroatoms. The van der Waals surface area contributed by atoms with Gasteiger partial charge in [-0.15, -0.1) is 0 Å². The molecule has 0 radical (unpaired) electrons. The van der Waals surface area contributed by atoms with Gasteiger partial charge in [-0.1, -0.05) is 13.8 Å². The molecule has 1 aromatic heterocycles. The van der Waals surface area contributed by atoms with E-state index in [1.54, 1.807) is 0 Å². The lowest BCUT2D eigenvalue weighted by Crippen LogP contribution is -2.25. The smallest absolute Gasteiger partial charge is 0.395 e. The van der Waals surface area contributed by atoms with E-state index < -0.39 is 17.2 Å². The Morgan fingerprint density at radius 3 is 2.41 bits per heavy atom. The van der Waals surface area contributed by atoms with Crippen molar-refractivity contribution >= 4 is 0 Å². The van der Waals surface area contributed by atoms with E-state index >= 15 is 0 Å². The predicted octanol–water partition coefficient (Wildman–Crippen LogP) is 2.76. The number of aliphatic hydroxyl groups is 1. The van der Waals surface area contributed by atoms with Crippen LogP contribution in [0.15, 0.2) is 18.3 Å². The van der Waals surface area contributed by atoms with Crippen molar-refractivity contribution in [1.82, 2.24) is 4.98 Å². The van der Waals surface area contributed by atoms with Gasteiger partial charge in [0.1, 0.15) is 0 Å². The second-order valence-corrected chi connectivity index (χ2v) is 5.20. The van der Waals surface area contributed by atoms with Crippen molar-refractivity contribution in [3.63, 3.8) is 0 Å². The van der Waals surface area contributed by atoms with Crippen LogP contribution < -0.4 is 0 Å². The van der Waals surface area contributed by atoms with Crippen LogP contribution in [0, 0.1) is 5.41 Å². The van der Waals surface area contributed by atoms with Crippen LogP contribution in [0.3, 0.4) is 0 Å². The molecule has 0 aliphatic heterocycles. The van der Waals surface area contributed by atoms with Crippen molar-refractivity contribution in [2.45, 2.75) is 31.9 Å². The maximum atomic E-state index is 12.9. The summed E-state index contributed by atoms with van der Waals surface area (Å²) in [5.41, 5.74) is -1.95. The van der Waals surface area contributed by atoms with E-state index in [4.69, 9.17) is 0 Å². The predicted molar refractivity (Wildman–Crippen MR) is 56.4 cm³/mol. The molecule has 1 unspecified atom stereocenters. The van der Waals surface area contributed by atoms with Crippen molar-refractivity contribution in [2.24, 2.45) is 5.41 Å². The van der Waals surface area contributed by atoms with Gasteiger partial charge in [0.15, 0.2) is 0 Å². The van der Waals surface area contributed by atoms with E-state index in [0.717, 1.165) is 6.07 Å². The lowest BCUT2D eigenvalue weighted by atomic mass is 9.89. The molecular formula is C12H14F3NO. The van der Waals surface area contributed by atoms with Crippen LogP contribution >= 0.6 is 0 Å². The Morgan fingerprint density at radius 1 is 1.41 bits per heavy atom. The van der Waals surface area contributed by atoms with Crippen LogP contribution in [-0.2, 0) is 11.6 Å². The first-order valence-corrected chi connectivity index (χ1v) is 5.38. The van der Waals surface area contributed by atoms with Crippen molar-refractivity contribution in [2.75, 3.05) is 6.61 Å². The quantitative estimate of drug-likeness (QED) is 0.869. The van der Waals surface area contributed by atoms with Crippen LogP contribution in [0.5, 0.6) is 0 Å². The Morgan fingerprint density at radius 2 is 2.00 bits per heavy atom. The van der Waals surface area contributed by atoms with Crippen LogP contribution in [0.25, 0.3) is 0 Å². The molecule has 1 heterocycles. The van der Waals surface area contributed by atoms with Gasteiger partial charge in [-0.3, -0.25) is 4.98 Å². The highest BCUT2D eigenvalue weighted by Gasteiger charge is 2.64.